The normalized spacial score (nSPS) is 17.4. The SMILES string of the molecule is CCCCCCCCCCCCCCCCOCC(COCCCCCCCCCCCCCCCC)(COCCOCCOCCO[C@H]1O[C@H](COC(C)=O)[C@@H](OC(C)=O)[C@H](OC(C)=O)[C@@H]1OC(C)=O)COCCOC(C)=O. The molecule has 1 fully saturated rings. The molecule has 1 aliphatic rings. The lowest BCUT2D eigenvalue weighted by Gasteiger charge is -2.44. The molecule has 0 spiro atoms. The monoisotopic (exact) mass is 1130 g/mol. The van der Waals surface area contributed by atoms with Gasteiger partial charge in [-0.3, -0.25) is 24.0 Å². The Bertz CT molecular complexity index is 1450. The first-order valence-electron chi connectivity index (χ1n) is 30.9. The summed E-state index contributed by atoms with van der Waals surface area (Å²) in [5, 5.41) is 0. The number of hydrogen-bond donors (Lipinski definition) is 0. The first kappa shape index (κ1) is 74.0. The van der Waals surface area contributed by atoms with Gasteiger partial charge in [-0.05, 0) is 12.8 Å². The van der Waals surface area contributed by atoms with Crippen molar-refractivity contribution in [2.24, 2.45) is 5.41 Å². The van der Waals surface area contributed by atoms with E-state index in [1.807, 2.05) is 0 Å². The second-order valence-corrected chi connectivity index (χ2v) is 21.4. The van der Waals surface area contributed by atoms with Crippen molar-refractivity contribution in [3.8, 4) is 0 Å². The van der Waals surface area contributed by atoms with E-state index in [1.54, 1.807) is 0 Å². The van der Waals surface area contributed by atoms with E-state index in [-0.39, 0.29) is 52.2 Å². The number of esters is 5. The molecular weight excluding hydrogens is 1020 g/mol. The first-order valence-corrected chi connectivity index (χ1v) is 30.9. The molecule has 1 rings (SSSR count). The Balaban J connectivity index is 2.73. The van der Waals surface area contributed by atoms with E-state index in [4.69, 9.17) is 61.6 Å². The van der Waals surface area contributed by atoms with Crippen LogP contribution < -0.4 is 0 Å². The fraction of sp³-hybridized carbons (Fsp3) is 0.918. The third kappa shape index (κ3) is 43.4. The zero-order valence-electron chi connectivity index (χ0n) is 50.6. The van der Waals surface area contributed by atoms with Gasteiger partial charge >= 0.3 is 29.8 Å². The van der Waals surface area contributed by atoms with E-state index < -0.39 is 60.0 Å². The molecule has 79 heavy (non-hydrogen) atoms. The van der Waals surface area contributed by atoms with Crippen LogP contribution in [0.3, 0.4) is 0 Å². The molecule has 0 radical (unpaired) electrons. The molecule has 0 N–H and O–H groups in total. The average molecular weight is 1130 g/mol. The van der Waals surface area contributed by atoms with Crippen LogP contribution in [0.15, 0.2) is 0 Å². The predicted molar refractivity (Wildman–Crippen MR) is 303 cm³/mol. The minimum absolute atomic E-state index is 0.0369. The van der Waals surface area contributed by atoms with E-state index in [9.17, 15) is 24.0 Å². The maximum absolute atomic E-state index is 12.1. The molecule has 1 saturated heterocycles. The lowest BCUT2D eigenvalue weighted by atomic mass is 9.92. The van der Waals surface area contributed by atoms with Gasteiger partial charge < -0.3 is 61.6 Å². The number of rotatable bonds is 56. The molecule has 18 nitrogen and oxygen atoms in total. The Hall–Kier alpha value is -2.97. The third-order valence-electron chi connectivity index (χ3n) is 13.7. The van der Waals surface area contributed by atoms with Gasteiger partial charge in [0.15, 0.2) is 24.6 Å². The van der Waals surface area contributed by atoms with Crippen molar-refractivity contribution in [3.63, 3.8) is 0 Å². The van der Waals surface area contributed by atoms with Gasteiger partial charge in [0.05, 0.1) is 78.1 Å². The minimum Gasteiger partial charge on any atom is -0.463 e. The highest BCUT2D eigenvalue weighted by molar-refractivity contribution is 5.68. The number of carbonyl (C=O) groups is 5. The van der Waals surface area contributed by atoms with Crippen LogP contribution in [0, 0.1) is 5.41 Å². The molecule has 464 valence electrons. The predicted octanol–water partition coefficient (Wildman–Crippen LogP) is 11.7. The fourth-order valence-electron chi connectivity index (χ4n) is 9.43. The highest BCUT2D eigenvalue weighted by Crippen LogP contribution is 2.30. The molecule has 0 unspecified atom stereocenters. The van der Waals surface area contributed by atoms with Crippen LogP contribution in [-0.4, -0.2) is 160 Å². The van der Waals surface area contributed by atoms with Crippen molar-refractivity contribution in [3.05, 3.63) is 0 Å². The van der Waals surface area contributed by atoms with Crippen molar-refractivity contribution in [2.45, 2.75) is 259 Å². The Morgan fingerprint density at radius 1 is 0.329 bits per heavy atom. The van der Waals surface area contributed by atoms with E-state index in [0.29, 0.717) is 52.9 Å². The summed E-state index contributed by atoms with van der Waals surface area (Å²) in [7, 11) is 0. The van der Waals surface area contributed by atoms with Crippen LogP contribution in [-0.2, 0) is 85.6 Å². The first-order chi connectivity index (χ1) is 38.3. The molecule has 5 atom stereocenters. The zero-order valence-corrected chi connectivity index (χ0v) is 50.6. The van der Waals surface area contributed by atoms with Gasteiger partial charge in [-0.2, -0.15) is 0 Å². The van der Waals surface area contributed by atoms with Crippen molar-refractivity contribution in [1.29, 1.82) is 0 Å². The lowest BCUT2D eigenvalue weighted by Crippen LogP contribution is -2.63. The summed E-state index contributed by atoms with van der Waals surface area (Å²) in [5.74, 6) is -3.15. The standard InChI is InChI=1S/C61H112O18/c1-8-10-12-14-16-18-20-22-24-26-28-30-32-34-36-69-47-61(50-72-43-44-73-51(3)62,48-70-37-35-33-31-29-27-25-23-21-19-17-15-13-11-9-2)49-71-41-40-67-38-39-68-42-45-74-60-59(78-55(7)66)58(77-54(6)65)57(76-53(5)64)56(79-60)46-75-52(4)63/h56-60H,8-50H2,1-7H3/t56-,57-,58+,59+,60+/m1/s1. The van der Waals surface area contributed by atoms with Gasteiger partial charge in [-0.25, -0.2) is 0 Å². The summed E-state index contributed by atoms with van der Waals surface area (Å²) < 4.78 is 75.2. The van der Waals surface area contributed by atoms with Gasteiger partial charge in [-0.15, -0.1) is 0 Å². The van der Waals surface area contributed by atoms with Gasteiger partial charge in [0.1, 0.15) is 19.3 Å². The van der Waals surface area contributed by atoms with Crippen molar-refractivity contribution < 1.29 is 85.6 Å². The fourth-order valence-corrected chi connectivity index (χ4v) is 9.43. The minimum atomic E-state index is -1.33. The maximum Gasteiger partial charge on any atom is 0.303 e. The summed E-state index contributed by atoms with van der Waals surface area (Å²) in [6.07, 6.45) is 29.9. The molecule has 0 aromatic rings. The Morgan fingerprint density at radius 2 is 0.646 bits per heavy atom. The number of unbranched alkanes of at least 4 members (excludes halogenated alkanes) is 26. The number of carbonyl (C=O) groups excluding carboxylic acids is 5. The summed E-state index contributed by atoms with van der Waals surface area (Å²) in [5.41, 5.74) is -0.595. The molecule has 1 aliphatic heterocycles. The van der Waals surface area contributed by atoms with Gasteiger partial charge in [0.2, 0.25) is 0 Å². The quantitative estimate of drug-likeness (QED) is 0.0315. The van der Waals surface area contributed by atoms with Crippen LogP contribution in [0.25, 0.3) is 0 Å². The van der Waals surface area contributed by atoms with E-state index in [1.165, 1.54) is 168 Å². The van der Waals surface area contributed by atoms with Crippen LogP contribution in [0.5, 0.6) is 0 Å². The van der Waals surface area contributed by atoms with Crippen LogP contribution in [0.1, 0.15) is 228 Å². The van der Waals surface area contributed by atoms with Crippen molar-refractivity contribution in [2.75, 3.05) is 99.1 Å². The maximum atomic E-state index is 12.1. The van der Waals surface area contributed by atoms with E-state index in [0.717, 1.165) is 46.5 Å². The summed E-state index contributed by atoms with van der Waals surface area (Å²) in [6.45, 7) is 14.5. The third-order valence-corrected chi connectivity index (χ3v) is 13.7. The molecule has 0 bridgehead atoms. The van der Waals surface area contributed by atoms with E-state index >= 15 is 0 Å². The molecule has 0 aromatic carbocycles. The molecule has 0 aliphatic carbocycles. The molecule has 0 aromatic heterocycles. The van der Waals surface area contributed by atoms with E-state index in [2.05, 4.69) is 13.8 Å². The molecule has 0 saturated carbocycles. The molecule has 1 heterocycles. The number of ether oxygens (including phenoxy) is 13. The van der Waals surface area contributed by atoms with Crippen molar-refractivity contribution >= 4 is 29.8 Å². The largest absolute Gasteiger partial charge is 0.463 e. The lowest BCUT2D eigenvalue weighted by molar-refractivity contribution is -0.309. The molecule has 0 amide bonds. The topological polar surface area (TPSA) is 205 Å². The Labute approximate surface area is 477 Å². The highest BCUT2D eigenvalue weighted by atomic mass is 16.7. The van der Waals surface area contributed by atoms with Crippen LogP contribution in [0.2, 0.25) is 0 Å². The van der Waals surface area contributed by atoms with Gasteiger partial charge in [-0.1, -0.05) is 181 Å². The van der Waals surface area contributed by atoms with Crippen LogP contribution in [0.4, 0.5) is 0 Å². The average Bonchev–Trinajstić information content (AvgIpc) is 3.43. The van der Waals surface area contributed by atoms with Crippen molar-refractivity contribution in [1.82, 2.24) is 0 Å². The number of hydrogen-bond acceptors (Lipinski definition) is 18. The van der Waals surface area contributed by atoms with Gasteiger partial charge in [0.25, 0.3) is 0 Å². The van der Waals surface area contributed by atoms with Crippen LogP contribution >= 0.6 is 0 Å². The summed E-state index contributed by atoms with van der Waals surface area (Å²) in [4.78, 5) is 59.5. The zero-order chi connectivity index (χ0) is 57.9. The summed E-state index contributed by atoms with van der Waals surface area (Å²) >= 11 is 0. The Morgan fingerprint density at radius 3 is 1.03 bits per heavy atom. The second kappa shape index (κ2) is 51.9. The molecular formula is C61H112O18. The molecule has 18 heteroatoms. The van der Waals surface area contributed by atoms with Gasteiger partial charge in [0, 0.05) is 47.8 Å². The second-order valence-electron chi connectivity index (χ2n) is 21.4. The Kier molecular flexibility index (Phi) is 48.6. The highest BCUT2D eigenvalue weighted by Gasteiger charge is 2.52. The smallest absolute Gasteiger partial charge is 0.303 e. The summed E-state index contributed by atoms with van der Waals surface area (Å²) in [6, 6.07) is 0.